The van der Waals surface area contributed by atoms with E-state index in [2.05, 4.69) is 25.2 Å². The van der Waals surface area contributed by atoms with Gasteiger partial charge in [0.15, 0.2) is 0 Å². The first kappa shape index (κ1) is 13.9. The quantitative estimate of drug-likeness (QED) is 0.735. The average molecular weight is 258 g/mol. The highest BCUT2D eigenvalue weighted by Gasteiger charge is 2.03. The zero-order chi connectivity index (χ0) is 11.8. The molecule has 0 aliphatic carbocycles. The molecule has 1 rings (SSSR count). The summed E-state index contributed by atoms with van der Waals surface area (Å²) >= 11 is 7.92. The van der Waals surface area contributed by atoms with Crippen LogP contribution in [0.3, 0.4) is 0 Å². The van der Waals surface area contributed by atoms with Crippen molar-refractivity contribution in [2.24, 2.45) is 0 Å². The third-order valence-corrected chi connectivity index (χ3v) is 3.94. The fraction of sp³-hybridized carbons (Fsp3) is 0.538. The van der Waals surface area contributed by atoms with Gasteiger partial charge < -0.3 is 5.32 Å². The molecule has 1 aromatic carbocycles. The molecule has 0 aromatic heterocycles. The van der Waals surface area contributed by atoms with Gasteiger partial charge in [0, 0.05) is 10.9 Å². The van der Waals surface area contributed by atoms with Crippen LogP contribution in [-0.2, 0) is 0 Å². The van der Waals surface area contributed by atoms with Crippen LogP contribution in [0.1, 0.15) is 26.7 Å². The smallest absolute Gasteiger partial charge is 0.0541 e. The molecule has 0 amide bonds. The minimum Gasteiger partial charge on any atom is -0.314 e. The van der Waals surface area contributed by atoms with E-state index in [-0.39, 0.29) is 0 Å². The van der Waals surface area contributed by atoms with Crippen molar-refractivity contribution in [3.63, 3.8) is 0 Å². The van der Waals surface area contributed by atoms with Crippen molar-refractivity contribution in [3.8, 4) is 0 Å². The Morgan fingerprint density at radius 3 is 2.81 bits per heavy atom. The van der Waals surface area contributed by atoms with E-state index in [0.717, 1.165) is 17.3 Å². The van der Waals surface area contributed by atoms with E-state index in [1.54, 1.807) is 0 Å². The second kappa shape index (κ2) is 7.99. The lowest BCUT2D eigenvalue weighted by molar-refractivity contribution is 0.536. The zero-order valence-corrected chi connectivity index (χ0v) is 11.6. The van der Waals surface area contributed by atoms with Crippen molar-refractivity contribution in [1.29, 1.82) is 0 Å². The standard InChI is InChI=1S/C13H20ClNS/c1-3-9-15-11(2)8-10-16-13-7-5-4-6-12(13)14/h4-7,11,15H,3,8-10H2,1-2H3. The van der Waals surface area contributed by atoms with E-state index >= 15 is 0 Å². The van der Waals surface area contributed by atoms with E-state index in [1.165, 1.54) is 17.7 Å². The fourth-order valence-electron chi connectivity index (χ4n) is 1.40. The van der Waals surface area contributed by atoms with Gasteiger partial charge >= 0.3 is 0 Å². The number of hydrogen-bond donors (Lipinski definition) is 1. The molecular formula is C13H20ClNS. The molecule has 0 spiro atoms. The molecule has 90 valence electrons. The Kier molecular flexibility index (Phi) is 6.93. The van der Waals surface area contributed by atoms with Crippen LogP contribution in [0, 0.1) is 0 Å². The maximum absolute atomic E-state index is 6.09. The van der Waals surface area contributed by atoms with E-state index in [4.69, 9.17) is 11.6 Å². The van der Waals surface area contributed by atoms with Gasteiger partial charge in [0.1, 0.15) is 0 Å². The summed E-state index contributed by atoms with van der Waals surface area (Å²) in [5.41, 5.74) is 0. The van der Waals surface area contributed by atoms with Gasteiger partial charge in [-0.3, -0.25) is 0 Å². The maximum Gasteiger partial charge on any atom is 0.0541 e. The van der Waals surface area contributed by atoms with E-state index in [9.17, 15) is 0 Å². The fourth-order valence-corrected chi connectivity index (χ4v) is 2.77. The topological polar surface area (TPSA) is 12.0 Å². The largest absolute Gasteiger partial charge is 0.314 e. The lowest BCUT2D eigenvalue weighted by Crippen LogP contribution is -2.27. The normalized spacial score (nSPS) is 12.7. The predicted molar refractivity (Wildman–Crippen MR) is 74.5 cm³/mol. The molecule has 0 heterocycles. The maximum atomic E-state index is 6.09. The second-order valence-corrected chi connectivity index (χ2v) is 5.47. The molecule has 0 radical (unpaired) electrons. The van der Waals surface area contributed by atoms with Crippen molar-refractivity contribution >= 4 is 23.4 Å². The first-order chi connectivity index (χ1) is 7.74. The van der Waals surface area contributed by atoms with Crippen LogP contribution in [0.4, 0.5) is 0 Å². The van der Waals surface area contributed by atoms with E-state index < -0.39 is 0 Å². The van der Waals surface area contributed by atoms with Crippen molar-refractivity contribution in [2.45, 2.75) is 37.6 Å². The molecule has 0 bridgehead atoms. The highest BCUT2D eigenvalue weighted by molar-refractivity contribution is 7.99. The van der Waals surface area contributed by atoms with E-state index in [0.29, 0.717) is 6.04 Å². The van der Waals surface area contributed by atoms with Crippen LogP contribution in [0.15, 0.2) is 29.2 Å². The summed E-state index contributed by atoms with van der Waals surface area (Å²) < 4.78 is 0. The molecule has 0 fully saturated rings. The number of rotatable bonds is 7. The SMILES string of the molecule is CCCNC(C)CCSc1ccccc1Cl. The second-order valence-electron chi connectivity index (χ2n) is 3.92. The van der Waals surface area contributed by atoms with Gasteiger partial charge in [-0.15, -0.1) is 11.8 Å². The third kappa shape index (κ3) is 5.24. The molecular weight excluding hydrogens is 238 g/mol. The average Bonchev–Trinajstić information content (AvgIpc) is 2.29. The van der Waals surface area contributed by atoms with Crippen LogP contribution < -0.4 is 5.32 Å². The molecule has 3 heteroatoms. The number of benzene rings is 1. The van der Waals surface area contributed by atoms with Crippen LogP contribution in [0.25, 0.3) is 0 Å². The Morgan fingerprint density at radius 1 is 1.38 bits per heavy atom. The monoisotopic (exact) mass is 257 g/mol. The van der Waals surface area contributed by atoms with Crippen molar-refractivity contribution < 1.29 is 0 Å². The number of halogens is 1. The Labute approximate surface area is 108 Å². The minimum absolute atomic E-state index is 0.593. The Morgan fingerprint density at radius 2 is 2.12 bits per heavy atom. The molecule has 1 N–H and O–H groups in total. The first-order valence-corrected chi connectivity index (χ1v) is 7.21. The van der Waals surface area contributed by atoms with Gasteiger partial charge in [-0.25, -0.2) is 0 Å². The Balaban J connectivity index is 2.23. The highest BCUT2D eigenvalue weighted by atomic mass is 35.5. The van der Waals surface area contributed by atoms with Crippen LogP contribution in [0.5, 0.6) is 0 Å². The number of thioether (sulfide) groups is 1. The molecule has 1 unspecified atom stereocenters. The summed E-state index contributed by atoms with van der Waals surface area (Å²) in [5, 5.41) is 4.35. The summed E-state index contributed by atoms with van der Waals surface area (Å²) in [6.07, 6.45) is 2.37. The zero-order valence-electron chi connectivity index (χ0n) is 10.0. The van der Waals surface area contributed by atoms with E-state index in [1.807, 2.05) is 30.0 Å². The molecule has 0 saturated carbocycles. The van der Waals surface area contributed by atoms with Gasteiger partial charge in [0.2, 0.25) is 0 Å². The molecule has 0 aliphatic heterocycles. The van der Waals surface area contributed by atoms with Crippen LogP contribution in [0.2, 0.25) is 5.02 Å². The summed E-state index contributed by atoms with van der Waals surface area (Å²) in [4.78, 5) is 1.19. The Bertz CT molecular complexity index is 304. The van der Waals surface area contributed by atoms with Crippen molar-refractivity contribution in [2.75, 3.05) is 12.3 Å². The Hall–Kier alpha value is -0.180. The molecule has 1 nitrogen and oxygen atoms in total. The molecule has 16 heavy (non-hydrogen) atoms. The van der Waals surface area contributed by atoms with Crippen molar-refractivity contribution in [3.05, 3.63) is 29.3 Å². The van der Waals surface area contributed by atoms with Crippen LogP contribution in [-0.4, -0.2) is 18.3 Å². The molecule has 1 atom stereocenters. The van der Waals surface area contributed by atoms with Gasteiger partial charge in [0.25, 0.3) is 0 Å². The number of nitrogens with one attached hydrogen (secondary N) is 1. The molecule has 0 saturated heterocycles. The van der Waals surface area contributed by atoms with Gasteiger partial charge in [-0.1, -0.05) is 30.7 Å². The molecule has 0 aliphatic rings. The summed E-state index contributed by atoms with van der Waals surface area (Å²) in [6, 6.07) is 8.62. The summed E-state index contributed by atoms with van der Waals surface area (Å²) in [7, 11) is 0. The number of hydrogen-bond acceptors (Lipinski definition) is 2. The first-order valence-electron chi connectivity index (χ1n) is 5.84. The minimum atomic E-state index is 0.593. The summed E-state index contributed by atoms with van der Waals surface area (Å²) in [5.74, 6) is 1.11. The van der Waals surface area contributed by atoms with Gasteiger partial charge in [-0.2, -0.15) is 0 Å². The van der Waals surface area contributed by atoms with Gasteiger partial charge in [-0.05, 0) is 44.2 Å². The lowest BCUT2D eigenvalue weighted by Gasteiger charge is -2.12. The summed E-state index contributed by atoms with van der Waals surface area (Å²) in [6.45, 7) is 5.54. The van der Waals surface area contributed by atoms with Crippen LogP contribution >= 0.6 is 23.4 Å². The predicted octanol–water partition coefficient (Wildman–Crippen LogP) is 4.21. The lowest BCUT2D eigenvalue weighted by atomic mass is 10.2. The third-order valence-electron chi connectivity index (χ3n) is 2.39. The van der Waals surface area contributed by atoms with Gasteiger partial charge in [0.05, 0.1) is 5.02 Å². The highest BCUT2D eigenvalue weighted by Crippen LogP contribution is 2.27. The molecule has 1 aromatic rings. The van der Waals surface area contributed by atoms with Crippen molar-refractivity contribution in [1.82, 2.24) is 5.32 Å².